The Morgan fingerprint density at radius 1 is 1.72 bits per heavy atom. The van der Waals surface area contributed by atoms with E-state index in [1.54, 1.807) is 23.2 Å². The summed E-state index contributed by atoms with van der Waals surface area (Å²) in [5, 5.41) is 13.6. The zero-order chi connectivity index (χ0) is 13.3. The van der Waals surface area contributed by atoms with Gasteiger partial charge in [0.1, 0.15) is 0 Å². The van der Waals surface area contributed by atoms with E-state index in [9.17, 15) is 4.79 Å². The van der Waals surface area contributed by atoms with Crippen molar-refractivity contribution in [2.24, 2.45) is 16.8 Å². The third-order valence-corrected chi connectivity index (χ3v) is 4.49. The number of hydrogen-bond donors (Lipinski definition) is 2. The highest BCUT2D eigenvalue weighted by atomic mass is 32.1. The standard InChI is InChI=1S/C12H17N3O2S/c1-7(11(13)14-17)12(16)15-5-3-10-9(8(15)2)4-6-18-10/h4,6-8,17H,3,5H2,1-2H3,(H2,13,14). The lowest BCUT2D eigenvalue weighted by molar-refractivity contribution is -0.135. The molecule has 1 aromatic heterocycles. The molecular weight excluding hydrogens is 250 g/mol. The van der Waals surface area contributed by atoms with Crippen molar-refractivity contribution in [3.63, 3.8) is 0 Å². The normalized spacial score (nSPS) is 21.6. The van der Waals surface area contributed by atoms with Gasteiger partial charge in [-0.25, -0.2) is 0 Å². The first kappa shape index (κ1) is 12.9. The second-order valence-electron chi connectivity index (χ2n) is 4.50. The van der Waals surface area contributed by atoms with Crippen LogP contribution in [0.15, 0.2) is 16.6 Å². The predicted molar refractivity (Wildman–Crippen MR) is 70.7 cm³/mol. The zero-order valence-electron chi connectivity index (χ0n) is 10.5. The number of nitrogens with zero attached hydrogens (tertiary/aromatic N) is 2. The average molecular weight is 267 g/mol. The minimum atomic E-state index is -0.586. The second kappa shape index (κ2) is 4.97. The number of oxime groups is 1. The zero-order valence-corrected chi connectivity index (χ0v) is 11.3. The molecule has 2 unspecified atom stereocenters. The van der Waals surface area contributed by atoms with Crippen molar-refractivity contribution >= 4 is 23.1 Å². The fourth-order valence-electron chi connectivity index (χ4n) is 2.27. The van der Waals surface area contributed by atoms with Gasteiger partial charge < -0.3 is 15.8 Å². The van der Waals surface area contributed by atoms with Crippen molar-refractivity contribution < 1.29 is 10.0 Å². The number of nitrogens with two attached hydrogens (primary N) is 1. The van der Waals surface area contributed by atoms with Crippen LogP contribution in [0.5, 0.6) is 0 Å². The molecule has 0 spiro atoms. The lowest BCUT2D eigenvalue weighted by Crippen LogP contribution is -2.44. The third-order valence-electron chi connectivity index (χ3n) is 3.49. The van der Waals surface area contributed by atoms with E-state index in [0.29, 0.717) is 6.54 Å². The van der Waals surface area contributed by atoms with Gasteiger partial charge in [-0.1, -0.05) is 5.16 Å². The Labute approximate surface area is 110 Å². The van der Waals surface area contributed by atoms with Crippen molar-refractivity contribution in [3.8, 4) is 0 Å². The van der Waals surface area contributed by atoms with Crippen LogP contribution in [-0.2, 0) is 11.2 Å². The predicted octanol–water partition coefficient (Wildman–Crippen LogP) is 1.58. The maximum atomic E-state index is 12.3. The SMILES string of the molecule is CC(C(=O)N1CCc2sccc2C1C)C(N)=NO. The van der Waals surface area contributed by atoms with E-state index < -0.39 is 5.92 Å². The van der Waals surface area contributed by atoms with Crippen molar-refractivity contribution in [2.75, 3.05) is 6.54 Å². The first-order chi connectivity index (χ1) is 8.56. The van der Waals surface area contributed by atoms with Crippen molar-refractivity contribution in [1.29, 1.82) is 0 Å². The number of thiophene rings is 1. The van der Waals surface area contributed by atoms with Gasteiger partial charge in [0.2, 0.25) is 5.91 Å². The molecule has 0 saturated carbocycles. The topological polar surface area (TPSA) is 78.9 Å². The van der Waals surface area contributed by atoms with Crippen LogP contribution in [0.25, 0.3) is 0 Å². The molecule has 1 aromatic rings. The van der Waals surface area contributed by atoms with Gasteiger partial charge in [0, 0.05) is 11.4 Å². The van der Waals surface area contributed by atoms with Crippen molar-refractivity contribution in [2.45, 2.75) is 26.3 Å². The van der Waals surface area contributed by atoms with E-state index in [4.69, 9.17) is 10.9 Å². The summed E-state index contributed by atoms with van der Waals surface area (Å²) >= 11 is 1.74. The van der Waals surface area contributed by atoms with E-state index in [2.05, 4.69) is 16.6 Å². The summed E-state index contributed by atoms with van der Waals surface area (Å²) in [6.45, 7) is 4.37. The van der Waals surface area contributed by atoms with Gasteiger partial charge in [-0.05, 0) is 37.3 Å². The summed E-state index contributed by atoms with van der Waals surface area (Å²) in [7, 11) is 0. The molecule has 0 aromatic carbocycles. The first-order valence-electron chi connectivity index (χ1n) is 5.90. The van der Waals surface area contributed by atoms with Crippen LogP contribution in [0.1, 0.15) is 30.3 Å². The average Bonchev–Trinajstić information content (AvgIpc) is 2.86. The Morgan fingerprint density at radius 3 is 3.11 bits per heavy atom. The van der Waals surface area contributed by atoms with E-state index in [1.807, 2.05) is 6.92 Å². The van der Waals surface area contributed by atoms with E-state index in [1.165, 1.54) is 10.4 Å². The van der Waals surface area contributed by atoms with Crippen LogP contribution in [-0.4, -0.2) is 28.4 Å². The van der Waals surface area contributed by atoms with Gasteiger partial charge in [-0.15, -0.1) is 11.3 Å². The van der Waals surface area contributed by atoms with E-state index in [0.717, 1.165) is 6.42 Å². The highest BCUT2D eigenvalue weighted by Crippen LogP contribution is 2.33. The van der Waals surface area contributed by atoms with Crippen LogP contribution in [0, 0.1) is 5.92 Å². The fourth-order valence-corrected chi connectivity index (χ4v) is 3.24. The quantitative estimate of drug-likeness (QED) is 0.369. The molecule has 2 atom stereocenters. The molecule has 1 amide bonds. The van der Waals surface area contributed by atoms with Crippen LogP contribution in [0.3, 0.4) is 0 Å². The number of amidine groups is 1. The molecule has 1 aliphatic heterocycles. The fraction of sp³-hybridized carbons (Fsp3) is 0.500. The molecule has 18 heavy (non-hydrogen) atoms. The van der Waals surface area contributed by atoms with Crippen LogP contribution < -0.4 is 5.73 Å². The van der Waals surface area contributed by atoms with Crippen molar-refractivity contribution in [3.05, 3.63) is 21.9 Å². The van der Waals surface area contributed by atoms with Gasteiger partial charge in [0.05, 0.1) is 12.0 Å². The van der Waals surface area contributed by atoms with E-state index >= 15 is 0 Å². The molecule has 0 fully saturated rings. The second-order valence-corrected chi connectivity index (χ2v) is 5.50. The molecule has 0 aliphatic carbocycles. The van der Waals surface area contributed by atoms with Gasteiger partial charge >= 0.3 is 0 Å². The lowest BCUT2D eigenvalue weighted by Gasteiger charge is -2.35. The maximum Gasteiger partial charge on any atom is 0.233 e. The molecular formula is C12H17N3O2S. The molecule has 1 aliphatic rings. The molecule has 98 valence electrons. The summed E-state index contributed by atoms with van der Waals surface area (Å²) in [4.78, 5) is 15.5. The van der Waals surface area contributed by atoms with Gasteiger partial charge in [0.25, 0.3) is 0 Å². The number of carbonyl (C=O) groups excluding carboxylic acids is 1. The largest absolute Gasteiger partial charge is 0.409 e. The molecule has 0 bridgehead atoms. The Bertz CT molecular complexity index is 483. The summed E-state index contributed by atoms with van der Waals surface area (Å²) < 4.78 is 0. The number of fused-ring (bicyclic) bond motifs is 1. The minimum Gasteiger partial charge on any atom is -0.409 e. The third kappa shape index (κ3) is 2.08. The Hall–Kier alpha value is -1.56. The van der Waals surface area contributed by atoms with E-state index in [-0.39, 0.29) is 17.8 Å². The van der Waals surface area contributed by atoms with Gasteiger partial charge in [-0.2, -0.15) is 0 Å². The minimum absolute atomic E-state index is 0.0386. The monoisotopic (exact) mass is 267 g/mol. The Kier molecular flexibility index (Phi) is 3.56. The van der Waals surface area contributed by atoms with Gasteiger partial charge in [-0.3, -0.25) is 4.79 Å². The molecule has 0 radical (unpaired) electrons. The lowest BCUT2D eigenvalue weighted by atomic mass is 9.99. The maximum absolute atomic E-state index is 12.3. The number of rotatable bonds is 2. The number of amides is 1. The van der Waals surface area contributed by atoms with Crippen molar-refractivity contribution in [1.82, 2.24) is 4.90 Å². The Balaban J connectivity index is 2.19. The molecule has 2 heterocycles. The molecule has 3 N–H and O–H groups in total. The van der Waals surface area contributed by atoms with Crippen LogP contribution in [0.2, 0.25) is 0 Å². The van der Waals surface area contributed by atoms with Crippen LogP contribution >= 0.6 is 11.3 Å². The highest BCUT2D eigenvalue weighted by Gasteiger charge is 2.32. The number of hydrogen-bond acceptors (Lipinski definition) is 4. The first-order valence-corrected chi connectivity index (χ1v) is 6.78. The summed E-state index contributed by atoms with van der Waals surface area (Å²) in [6.07, 6.45) is 0.881. The molecule has 2 rings (SSSR count). The molecule has 5 nitrogen and oxygen atoms in total. The van der Waals surface area contributed by atoms with Crippen LogP contribution in [0.4, 0.5) is 0 Å². The summed E-state index contributed by atoms with van der Waals surface area (Å²) in [5.74, 6) is -0.712. The molecule has 0 saturated heterocycles. The summed E-state index contributed by atoms with van der Waals surface area (Å²) in [5.41, 5.74) is 6.71. The smallest absolute Gasteiger partial charge is 0.233 e. The Morgan fingerprint density at radius 2 is 2.44 bits per heavy atom. The highest BCUT2D eigenvalue weighted by molar-refractivity contribution is 7.10. The van der Waals surface area contributed by atoms with Gasteiger partial charge in [0.15, 0.2) is 5.84 Å². The molecule has 6 heteroatoms. The summed E-state index contributed by atoms with van der Waals surface area (Å²) in [6, 6.07) is 2.12. The number of carbonyl (C=O) groups is 1.